The van der Waals surface area contributed by atoms with Crippen LogP contribution >= 0.6 is 11.8 Å². The summed E-state index contributed by atoms with van der Waals surface area (Å²) in [5.74, 6) is 0.00155. The van der Waals surface area contributed by atoms with E-state index in [9.17, 15) is 9.59 Å². The molecule has 1 aromatic carbocycles. The zero-order valence-electron chi connectivity index (χ0n) is 14.8. The Kier molecular flexibility index (Phi) is 4.42. The number of carbonyl (C=O) groups excluding carboxylic acids is 1. The average molecular weight is 368 g/mol. The number of benzene rings is 1. The van der Waals surface area contributed by atoms with E-state index >= 15 is 0 Å². The van der Waals surface area contributed by atoms with Crippen molar-refractivity contribution in [2.45, 2.75) is 31.6 Å². The molecule has 7 heteroatoms. The minimum atomic E-state index is -0.0461. The summed E-state index contributed by atoms with van der Waals surface area (Å²) in [7, 11) is 0. The van der Waals surface area contributed by atoms with Gasteiger partial charge in [-0.2, -0.15) is 0 Å². The third-order valence-electron chi connectivity index (χ3n) is 4.85. The quantitative estimate of drug-likeness (QED) is 0.568. The Morgan fingerprint density at radius 2 is 2.15 bits per heavy atom. The summed E-state index contributed by atoms with van der Waals surface area (Å²) < 4.78 is 1.70. The molecule has 0 radical (unpaired) electrons. The van der Waals surface area contributed by atoms with E-state index in [1.54, 1.807) is 11.5 Å². The smallest absolute Gasteiger partial charge is 0.256 e. The van der Waals surface area contributed by atoms with Gasteiger partial charge in [0.2, 0.25) is 5.91 Å². The first-order valence-corrected chi connectivity index (χ1v) is 9.77. The number of nitrogens with zero attached hydrogens (tertiary/aromatic N) is 3. The minimum Gasteiger partial charge on any atom is -0.301 e. The van der Waals surface area contributed by atoms with Crippen molar-refractivity contribution in [2.24, 2.45) is 0 Å². The molecule has 0 bridgehead atoms. The molecule has 0 atom stereocenters. The van der Waals surface area contributed by atoms with E-state index in [-0.39, 0.29) is 11.5 Å². The molecule has 0 amide bonds. The molecule has 6 nitrogen and oxygen atoms in total. The molecule has 0 saturated carbocycles. The molecule has 1 aliphatic rings. The number of fused-ring (bicyclic) bond motifs is 2. The SMILES string of the molecule is CSc1nc2c(c(=O)[nH]1)CN(Cc1cn(C(C)=O)c3ccccc13)CC2. The Morgan fingerprint density at radius 1 is 1.35 bits per heavy atom. The predicted octanol–water partition coefficient (Wildman–Crippen LogP) is 2.66. The van der Waals surface area contributed by atoms with Crippen LogP contribution in [0.2, 0.25) is 0 Å². The van der Waals surface area contributed by atoms with E-state index < -0.39 is 0 Å². The first-order valence-electron chi connectivity index (χ1n) is 8.55. The van der Waals surface area contributed by atoms with Crippen LogP contribution in [0, 0.1) is 0 Å². The van der Waals surface area contributed by atoms with Crippen molar-refractivity contribution < 1.29 is 4.79 Å². The zero-order chi connectivity index (χ0) is 18.3. The summed E-state index contributed by atoms with van der Waals surface area (Å²) in [5, 5.41) is 1.75. The first-order chi connectivity index (χ1) is 12.6. The van der Waals surface area contributed by atoms with Crippen LogP contribution in [-0.2, 0) is 19.5 Å². The largest absolute Gasteiger partial charge is 0.301 e. The van der Waals surface area contributed by atoms with E-state index in [1.807, 2.05) is 36.7 Å². The fraction of sp³-hybridized carbons (Fsp3) is 0.316. The highest BCUT2D eigenvalue weighted by Gasteiger charge is 2.22. The maximum absolute atomic E-state index is 12.4. The van der Waals surface area contributed by atoms with Crippen LogP contribution in [0.15, 0.2) is 40.4 Å². The number of nitrogens with one attached hydrogen (secondary N) is 1. The number of para-hydroxylation sites is 1. The lowest BCUT2D eigenvalue weighted by Crippen LogP contribution is -2.35. The van der Waals surface area contributed by atoms with Gasteiger partial charge in [-0.3, -0.25) is 19.1 Å². The van der Waals surface area contributed by atoms with Crippen molar-refractivity contribution in [3.63, 3.8) is 0 Å². The molecule has 1 N–H and O–H groups in total. The molecule has 0 aliphatic carbocycles. The zero-order valence-corrected chi connectivity index (χ0v) is 15.6. The highest BCUT2D eigenvalue weighted by atomic mass is 32.2. The van der Waals surface area contributed by atoms with Gasteiger partial charge in [0.25, 0.3) is 5.56 Å². The third kappa shape index (κ3) is 2.97. The molecule has 0 spiro atoms. The van der Waals surface area contributed by atoms with Gasteiger partial charge in [-0.05, 0) is 17.9 Å². The van der Waals surface area contributed by atoms with Crippen LogP contribution in [0.4, 0.5) is 0 Å². The Labute approximate surface area is 155 Å². The summed E-state index contributed by atoms with van der Waals surface area (Å²) in [6.07, 6.45) is 4.59. The number of rotatable bonds is 3. The van der Waals surface area contributed by atoms with Gasteiger partial charge in [0.1, 0.15) is 0 Å². The normalized spacial score (nSPS) is 14.5. The van der Waals surface area contributed by atoms with Gasteiger partial charge < -0.3 is 4.98 Å². The highest BCUT2D eigenvalue weighted by Crippen LogP contribution is 2.25. The molecule has 26 heavy (non-hydrogen) atoms. The summed E-state index contributed by atoms with van der Waals surface area (Å²) in [5.41, 5.74) is 3.64. The molecule has 134 valence electrons. The first kappa shape index (κ1) is 17.1. The molecule has 0 saturated heterocycles. The number of hydrogen-bond acceptors (Lipinski definition) is 5. The van der Waals surface area contributed by atoms with Gasteiger partial charge in [0, 0.05) is 44.6 Å². The third-order valence-corrected chi connectivity index (χ3v) is 5.43. The Balaban J connectivity index is 1.65. The van der Waals surface area contributed by atoms with Crippen LogP contribution in [0.25, 0.3) is 10.9 Å². The van der Waals surface area contributed by atoms with Crippen LogP contribution in [-0.4, -0.2) is 38.1 Å². The molecule has 4 rings (SSSR count). The number of hydrogen-bond donors (Lipinski definition) is 1. The second-order valence-corrected chi connectivity index (χ2v) is 7.32. The Hall–Kier alpha value is -2.38. The molecule has 1 aliphatic heterocycles. The molecule has 3 heterocycles. The van der Waals surface area contributed by atoms with Gasteiger partial charge in [0.15, 0.2) is 5.16 Å². The van der Waals surface area contributed by atoms with Crippen LogP contribution in [0.1, 0.15) is 28.5 Å². The molecule has 3 aromatic rings. The maximum Gasteiger partial charge on any atom is 0.256 e. The molecular formula is C19H20N4O2S. The summed E-state index contributed by atoms with van der Waals surface area (Å²) in [6.45, 7) is 3.69. The number of H-pyrrole nitrogens is 1. The number of carbonyl (C=O) groups is 1. The van der Waals surface area contributed by atoms with Crippen molar-refractivity contribution in [1.82, 2.24) is 19.4 Å². The van der Waals surface area contributed by atoms with E-state index in [1.165, 1.54) is 11.8 Å². The van der Waals surface area contributed by atoms with E-state index in [0.717, 1.165) is 40.7 Å². The fourth-order valence-electron chi connectivity index (χ4n) is 3.57. The lowest BCUT2D eigenvalue weighted by molar-refractivity contribution is 0.0941. The van der Waals surface area contributed by atoms with Crippen LogP contribution in [0.5, 0.6) is 0 Å². The molecule has 2 aromatic heterocycles. The number of aromatic amines is 1. The lowest BCUT2D eigenvalue weighted by Gasteiger charge is -2.27. The Bertz CT molecular complexity index is 1050. The van der Waals surface area contributed by atoms with E-state index in [0.29, 0.717) is 18.2 Å². The monoisotopic (exact) mass is 368 g/mol. The second kappa shape index (κ2) is 6.74. The average Bonchev–Trinajstić information content (AvgIpc) is 3.01. The van der Waals surface area contributed by atoms with Crippen LogP contribution < -0.4 is 5.56 Å². The van der Waals surface area contributed by atoms with Gasteiger partial charge >= 0.3 is 0 Å². The summed E-state index contributed by atoms with van der Waals surface area (Å²) in [4.78, 5) is 33.9. The van der Waals surface area contributed by atoms with Crippen molar-refractivity contribution >= 4 is 28.6 Å². The summed E-state index contributed by atoms with van der Waals surface area (Å²) in [6, 6.07) is 7.93. The van der Waals surface area contributed by atoms with Gasteiger partial charge in [0.05, 0.1) is 16.8 Å². The van der Waals surface area contributed by atoms with Crippen molar-refractivity contribution in [3.05, 3.63) is 57.6 Å². The van der Waals surface area contributed by atoms with Gasteiger partial charge in [-0.25, -0.2) is 4.98 Å². The lowest BCUT2D eigenvalue weighted by atomic mass is 10.1. The molecule has 0 fully saturated rings. The predicted molar refractivity (Wildman–Crippen MR) is 103 cm³/mol. The molecule has 0 unspecified atom stereocenters. The van der Waals surface area contributed by atoms with Crippen molar-refractivity contribution in [1.29, 1.82) is 0 Å². The van der Waals surface area contributed by atoms with Crippen molar-refractivity contribution in [2.75, 3.05) is 12.8 Å². The molecular weight excluding hydrogens is 348 g/mol. The number of thioether (sulfide) groups is 1. The van der Waals surface area contributed by atoms with Gasteiger partial charge in [-0.15, -0.1) is 0 Å². The van der Waals surface area contributed by atoms with E-state index in [4.69, 9.17) is 0 Å². The topological polar surface area (TPSA) is 71.0 Å². The standard InChI is InChI=1S/C19H20N4O2S/c1-12(24)23-10-13(14-5-3-4-6-17(14)23)9-22-8-7-16-15(11-22)18(25)21-19(20-16)26-2/h3-6,10H,7-9,11H2,1-2H3,(H,20,21,25). The minimum absolute atomic E-state index is 0.00155. The highest BCUT2D eigenvalue weighted by molar-refractivity contribution is 7.98. The van der Waals surface area contributed by atoms with Crippen LogP contribution in [0.3, 0.4) is 0 Å². The van der Waals surface area contributed by atoms with Gasteiger partial charge in [-0.1, -0.05) is 30.0 Å². The van der Waals surface area contributed by atoms with E-state index in [2.05, 4.69) is 14.9 Å². The van der Waals surface area contributed by atoms with Crippen molar-refractivity contribution in [3.8, 4) is 0 Å². The summed E-state index contributed by atoms with van der Waals surface area (Å²) >= 11 is 1.45. The number of aromatic nitrogens is 3. The Morgan fingerprint density at radius 3 is 2.92 bits per heavy atom. The second-order valence-electron chi connectivity index (χ2n) is 6.52. The maximum atomic E-state index is 12.4. The fourth-order valence-corrected chi connectivity index (χ4v) is 3.96.